The van der Waals surface area contributed by atoms with Gasteiger partial charge in [0.2, 0.25) is 6.41 Å². The van der Waals surface area contributed by atoms with Crippen molar-refractivity contribution in [2.24, 2.45) is 0 Å². The van der Waals surface area contributed by atoms with E-state index in [0.29, 0.717) is 19.6 Å². The second-order valence-corrected chi connectivity index (χ2v) is 3.26. The summed E-state index contributed by atoms with van der Waals surface area (Å²) in [5.74, 6) is 0. The van der Waals surface area contributed by atoms with E-state index >= 15 is 0 Å². The first-order valence-corrected chi connectivity index (χ1v) is 4.95. The van der Waals surface area contributed by atoms with Crippen molar-refractivity contribution in [3.05, 3.63) is 0 Å². The quantitative estimate of drug-likeness (QED) is 0.463. The van der Waals surface area contributed by atoms with Gasteiger partial charge in [0.1, 0.15) is 0 Å². The summed E-state index contributed by atoms with van der Waals surface area (Å²) in [5, 5.41) is 1.21. The van der Waals surface area contributed by atoms with Crippen LogP contribution in [0.4, 0.5) is 0 Å². The van der Waals surface area contributed by atoms with Crippen LogP contribution in [0.3, 0.4) is 0 Å². The van der Waals surface area contributed by atoms with Gasteiger partial charge in [-0.05, 0) is 12.8 Å². The molecule has 0 aromatic rings. The Morgan fingerprint density at radius 1 is 1.00 bits per heavy atom. The van der Waals surface area contributed by atoms with E-state index < -0.39 is 0 Å². The minimum atomic E-state index is 0.574. The van der Waals surface area contributed by atoms with Gasteiger partial charge in [0.15, 0.2) is 0 Å². The van der Waals surface area contributed by atoms with Gasteiger partial charge in [0.25, 0.3) is 0 Å². The first kappa shape index (κ1) is 10.5. The van der Waals surface area contributed by atoms with E-state index in [1.807, 2.05) is 0 Å². The van der Waals surface area contributed by atoms with Crippen LogP contribution in [-0.4, -0.2) is 24.6 Å². The third-order valence-corrected chi connectivity index (χ3v) is 2.12. The monoisotopic (exact) mass is 187 g/mol. The van der Waals surface area contributed by atoms with E-state index in [1.165, 1.54) is 24.3 Å². The van der Waals surface area contributed by atoms with Crippen LogP contribution >= 0.6 is 0 Å². The number of carbonyl (C=O) groups is 1. The Morgan fingerprint density at radius 3 is 2.46 bits per heavy atom. The summed E-state index contributed by atoms with van der Waals surface area (Å²) >= 11 is 0. The van der Waals surface area contributed by atoms with E-state index in [-0.39, 0.29) is 0 Å². The molecule has 0 aromatic carbocycles. The Balaban J connectivity index is 2.22. The maximum atomic E-state index is 10.4. The number of hydrogen-bond acceptors (Lipinski definition) is 3. The molecule has 1 rings (SSSR count). The van der Waals surface area contributed by atoms with Crippen LogP contribution in [0.2, 0.25) is 0 Å². The zero-order valence-electron chi connectivity index (χ0n) is 7.91. The molecule has 1 heterocycles. The molecule has 0 unspecified atom stereocenters. The van der Waals surface area contributed by atoms with Gasteiger partial charge in [-0.15, -0.1) is 4.99 Å². The van der Waals surface area contributed by atoms with Gasteiger partial charge in [0.05, 0.1) is 13.2 Å². The summed E-state index contributed by atoms with van der Waals surface area (Å²) in [5.41, 5.74) is 0. The number of amides is 1. The smallest absolute Gasteiger partial charge is 0.235 e. The molecular weight excluding hydrogens is 170 g/mol. The molecule has 1 fully saturated rings. The van der Waals surface area contributed by atoms with Crippen LogP contribution in [-0.2, 0) is 14.7 Å². The molecule has 1 aliphatic rings. The lowest BCUT2D eigenvalue weighted by Crippen LogP contribution is -2.23. The van der Waals surface area contributed by atoms with Gasteiger partial charge in [-0.3, -0.25) is 4.79 Å². The van der Waals surface area contributed by atoms with Gasteiger partial charge in [-0.2, -0.15) is 5.06 Å². The number of nitrogens with zero attached hydrogens (tertiary/aromatic N) is 1. The Kier molecular flexibility index (Phi) is 5.52. The highest BCUT2D eigenvalue weighted by molar-refractivity contribution is 5.44. The van der Waals surface area contributed by atoms with Gasteiger partial charge < -0.3 is 0 Å². The molecule has 0 radical (unpaired) electrons. The van der Waals surface area contributed by atoms with Gasteiger partial charge in [0, 0.05) is 0 Å². The van der Waals surface area contributed by atoms with Crippen molar-refractivity contribution in [2.75, 3.05) is 13.2 Å². The predicted molar refractivity (Wildman–Crippen MR) is 47.5 cm³/mol. The summed E-state index contributed by atoms with van der Waals surface area (Å²) < 4.78 is 0. The minimum absolute atomic E-state index is 0.574. The first-order chi connectivity index (χ1) is 6.43. The molecule has 0 atom stereocenters. The van der Waals surface area contributed by atoms with Crippen molar-refractivity contribution in [1.82, 2.24) is 5.06 Å². The number of hydrogen-bond donors (Lipinski definition) is 0. The van der Waals surface area contributed by atoms with E-state index in [2.05, 4.69) is 0 Å². The van der Waals surface area contributed by atoms with Crippen LogP contribution in [0.15, 0.2) is 0 Å². The molecule has 1 saturated heterocycles. The molecule has 0 aliphatic carbocycles. The fourth-order valence-corrected chi connectivity index (χ4v) is 1.35. The Hall–Kier alpha value is -0.610. The molecule has 4 heteroatoms. The molecule has 0 saturated carbocycles. The zero-order chi connectivity index (χ0) is 9.36. The molecule has 0 spiro atoms. The normalized spacial score (nSPS) is 22.0. The molecule has 1 aliphatic heterocycles. The third kappa shape index (κ3) is 4.85. The van der Waals surface area contributed by atoms with Crippen LogP contribution in [0, 0.1) is 0 Å². The maximum Gasteiger partial charge on any atom is 0.235 e. The van der Waals surface area contributed by atoms with Crippen LogP contribution in [0.5, 0.6) is 0 Å². The summed E-state index contributed by atoms with van der Waals surface area (Å²) in [6.45, 7) is 1.20. The van der Waals surface area contributed by atoms with Crippen molar-refractivity contribution < 1.29 is 14.7 Å². The summed E-state index contributed by atoms with van der Waals surface area (Å²) in [4.78, 5) is 20.1. The first-order valence-electron chi connectivity index (χ1n) is 4.95. The van der Waals surface area contributed by atoms with Crippen LogP contribution in [0.1, 0.15) is 38.5 Å². The number of hydroxylamine groups is 2. The number of rotatable bonds is 1. The minimum Gasteiger partial charge on any atom is -0.276 e. The van der Waals surface area contributed by atoms with Gasteiger partial charge in [-0.1, -0.05) is 25.7 Å². The van der Waals surface area contributed by atoms with Crippen molar-refractivity contribution >= 4 is 6.41 Å². The van der Waals surface area contributed by atoms with E-state index in [9.17, 15) is 4.79 Å². The van der Waals surface area contributed by atoms with Gasteiger partial charge >= 0.3 is 0 Å². The Labute approximate surface area is 78.7 Å². The Morgan fingerprint density at radius 2 is 1.69 bits per heavy atom. The van der Waals surface area contributed by atoms with Crippen molar-refractivity contribution in [3.63, 3.8) is 0 Å². The SMILES string of the molecule is O=CN1CCCCCCCCOO1. The molecule has 0 aromatic heterocycles. The fraction of sp³-hybridized carbons (Fsp3) is 0.889. The molecule has 1 amide bonds. The lowest BCUT2D eigenvalue weighted by atomic mass is 10.1. The fourth-order valence-electron chi connectivity index (χ4n) is 1.35. The lowest BCUT2D eigenvalue weighted by Gasteiger charge is -2.13. The van der Waals surface area contributed by atoms with Crippen LogP contribution in [0.25, 0.3) is 0 Å². The predicted octanol–water partition coefficient (Wildman–Crippen LogP) is 1.66. The second-order valence-electron chi connectivity index (χ2n) is 3.26. The van der Waals surface area contributed by atoms with E-state index in [0.717, 1.165) is 19.3 Å². The van der Waals surface area contributed by atoms with Gasteiger partial charge in [-0.25, -0.2) is 4.89 Å². The molecular formula is C9H17NO3. The van der Waals surface area contributed by atoms with Crippen molar-refractivity contribution in [3.8, 4) is 0 Å². The largest absolute Gasteiger partial charge is 0.276 e. The highest BCUT2D eigenvalue weighted by atomic mass is 17.3. The summed E-state index contributed by atoms with van der Waals surface area (Å²) in [6.07, 6.45) is 7.50. The average Bonchev–Trinajstić information content (AvgIpc) is 2.22. The average molecular weight is 187 g/mol. The molecule has 13 heavy (non-hydrogen) atoms. The van der Waals surface area contributed by atoms with Crippen molar-refractivity contribution in [2.45, 2.75) is 38.5 Å². The van der Waals surface area contributed by atoms with E-state index in [1.54, 1.807) is 0 Å². The lowest BCUT2D eigenvalue weighted by molar-refractivity contribution is -0.406. The molecule has 76 valence electrons. The summed E-state index contributed by atoms with van der Waals surface area (Å²) in [7, 11) is 0. The Bertz CT molecular complexity index is 129. The van der Waals surface area contributed by atoms with Crippen LogP contribution < -0.4 is 0 Å². The van der Waals surface area contributed by atoms with E-state index in [4.69, 9.17) is 9.88 Å². The summed E-state index contributed by atoms with van der Waals surface area (Å²) in [6, 6.07) is 0. The highest BCUT2D eigenvalue weighted by Crippen LogP contribution is 2.08. The third-order valence-electron chi connectivity index (χ3n) is 2.12. The zero-order valence-corrected chi connectivity index (χ0v) is 7.91. The second kappa shape index (κ2) is 6.86. The molecule has 0 N–H and O–H groups in total. The topological polar surface area (TPSA) is 38.8 Å². The molecule has 4 nitrogen and oxygen atoms in total. The highest BCUT2D eigenvalue weighted by Gasteiger charge is 2.04. The van der Waals surface area contributed by atoms with Crippen molar-refractivity contribution in [1.29, 1.82) is 0 Å². The number of carbonyl (C=O) groups excluding carboxylic acids is 1. The molecule has 0 bridgehead atoms. The maximum absolute atomic E-state index is 10.4. The standard InChI is InChI=1S/C9H17NO3/c11-9-10-7-5-3-1-2-4-6-8-12-13-10/h9H,1-8H2.